The summed E-state index contributed by atoms with van der Waals surface area (Å²) in [5, 5.41) is 0. The zero-order valence-corrected chi connectivity index (χ0v) is 30.5. The molecule has 0 atom stereocenters. The topological polar surface area (TPSA) is 27.8 Å². The van der Waals surface area contributed by atoms with Crippen LogP contribution in [0.25, 0.3) is 5.69 Å². The Morgan fingerprint density at radius 3 is 2.06 bits per heavy atom. The molecule has 49 heavy (non-hydrogen) atoms. The molecule has 0 amide bonds. The molecule has 0 fully saturated rings. The summed E-state index contributed by atoms with van der Waals surface area (Å²) in [6, 6.07) is 44.7. The van der Waals surface area contributed by atoms with E-state index in [9.17, 15) is 0 Å². The Morgan fingerprint density at radius 2 is 1.35 bits per heavy atom. The van der Waals surface area contributed by atoms with Gasteiger partial charge in [-0.05, 0) is 60.5 Å². The Hall–Kier alpha value is -4.74. The summed E-state index contributed by atoms with van der Waals surface area (Å²) in [4.78, 5) is 6.70. The number of hydrogen-bond acceptors (Lipinski definition) is 4. The molecule has 244 valence electrons. The number of anilines is 5. The molecule has 0 spiro atoms. The van der Waals surface area contributed by atoms with Crippen molar-refractivity contribution in [1.29, 1.82) is 0 Å². The van der Waals surface area contributed by atoms with Gasteiger partial charge in [0.05, 0.1) is 6.20 Å². The third-order valence-corrected chi connectivity index (χ3v) is 9.32. The first-order chi connectivity index (χ1) is 23.4. The minimum atomic E-state index is -0.0278. The molecule has 0 N–H and O–H groups in total. The summed E-state index contributed by atoms with van der Waals surface area (Å²) in [5.41, 5.74) is 10.2. The zero-order chi connectivity index (χ0) is 32.9. The molecule has 0 saturated heterocycles. The van der Waals surface area contributed by atoms with Crippen LogP contribution in [0.4, 0.5) is 28.4 Å². The fourth-order valence-corrected chi connectivity index (χ4v) is 7.04. The van der Waals surface area contributed by atoms with E-state index in [4.69, 9.17) is 4.74 Å². The maximum Gasteiger partial charge on any atom is 4.00 e. The molecule has 8 rings (SSSR count). The van der Waals surface area contributed by atoms with Crippen molar-refractivity contribution < 1.29 is 30.4 Å². The summed E-state index contributed by atoms with van der Waals surface area (Å²) < 4.78 is 10.8. The Balaban J connectivity index is 0.00000378. The van der Waals surface area contributed by atoms with Crippen LogP contribution in [-0.4, -0.2) is 18.7 Å². The van der Waals surface area contributed by atoms with Crippen molar-refractivity contribution in [2.45, 2.75) is 39.5 Å². The first kappa shape index (κ1) is 32.8. The van der Waals surface area contributed by atoms with E-state index in [1.165, 1.54) is 16.6 Å². The van der Waals surface area contributed by atoms with Gasteiger partial charge in [-0.1, -0.05) is 88.0 Å². The van der Waals surface area contributed by atoms with E-state index in [2.05, 4.69) is 169 Å². The molecule has 5 aromatic carbocycles. The van der Waals surface area contributed by atoms with E-state index in [0.717, 1.165) is 34.1 Å². The second-order valence-corrected chi connectivity index (χ2v) is 13.0. The predicted molar refractivity (Wildman–Crippen MR) is 194 cm³/mol. The molecule has 1 aromatic heterocycles. The Morgan fingerprint density at radius 1 is 0.694 bits per heavy atom. The van der Waals surface area contributed by atoms with Gasteiger partial charge in [0.25, 0.3) is 0 Å². The van der Waals surface area contributed by atoms with Crippen molar-refractivity contribution in [3.63, 3.8) is 0 Å². The van der Waals surface area contributed by atoms with Gasteiger partial charge in [0.1, 0.15) is 0 Å². The first-order valence-corrected chi connectivity index (χ1v) is 16.6. The smallest absolute Gasteiger partial charge is 0.510 e. The molecule has 0 unspecified atom stereocenters. The maximum absolute atomic E-state index is 6.46. The number of rotatable bonds is 7. The minimum absolute atomic E-state index is 0. The van der Waals surface area contributed by atoms with Gasteiger partial charge >= 0.3 is 28.0 Å². The van der Waals surface area contributed by atoms with Crippen molar-refractivity contribution in [2.24, 2.45) is 0 Å². The SMILES string of the molecule is CC(C)c1cccc(C(C)C)c1B1N(C)c2ccc(Oc3[c-]c(N4[CH-]N(c5ccccc5)c5ccccc54)ccc3)[c-]c2-n2[c-]cc[n+]21.[Pt+4]. The molecular weight excluding hydrogens is 784 g/mol. The van der Waals surface area contributed by atoms with Crippen LogP contribution in [0.2, 0.25) is 0 Å². The molecule has 2 aliphatic heterocycles. The number of aromatic nitrogens is 2. The minimum Gasteiger partial charge on any atom is -0.510 e. The normalized spacial score (nSPS) is 13.4. The molecule has 8 heteroatoms. The molecule has 6 nitrogen and oxygen atoms in total. The zero-order valence-electron chi connectivity index (χ0n) is 28.2. The average Bonchev–Trinajstić information content (AvgIpc) is 3.75. The fraction of sp³-hybridized carbons (Fsp3) is 0.171. The quantitative estimate of drug-likeness (QED) is 0.120. The van der Waals surface area contributed by atoms with Gasteiger partial charge in [-0.3, -0.25) is 4.68 Å². The number of ether oxygens (including phenoxy) is 1. The van der Waals surface area contributed by atoms with Crippen molar-refractivity contribution >= 4 is 40.9 Å². The number of fused-ring (bicyclic) bond motifs is 4. The van der Waals surface area contributed by atoms with E-state index >= 15 is 0 Å². The number of benzene rings is 5. The third-order valence-electron chi connectivity index (χ3n) is 9.32. The van der Waals surface area contributed by atoms with Gasteiger partial charge in [-0.25, -0.2) is 4.59 Å². The van der Waals surface area contributed by atoms with E-state index < -0.39 is 0 Å². The Labute approximate surface area is 304 Å². The molecule has 0 bridgehead atoms. The second kappa shape index (κ2) is 13.3. The Bertz CT molecular complexity index is 2090. The summed E-state index contributed by atoms with van der Waals surface area (Å²) >= 11 is 0. The first-order valence-electron chi connectivity index (χ1n) is 16.6. The van der Waals surface area contributed by atoms with Crippen molar-refractivity contribution in [2.75, 3.05) is 21.7 Å². The summed E-state index contributed by atoms with van der Waals surface area (Å²) in [5.74, 6) is 2.02. The third kappa shape index (κ3) is 5.74. The van der Waals surface area contributed by atoms with Crippen LogP contribution in [0.5, 0.6) is 11.5 Å². The number of para-hydroxylation sites is 3. The van der Waals surface area contributed by atoms with Crippen LogP contribution in [0.1, 0.15) is 50.7 Å². The van der Waals surface area contributed by atoms with Gasteiger partial charge < -0.3 is 19.3 Å². The van der Waals surface area contributed by atoms with Crippen LogP contribution in [0, 0.1) is 25.0 Å². The largest absolute Gasteiger partial charge is 4.00 e. The van der Waals surface area contributed by atoms with E-state index in [1.807, 2.05) is 30.3 Å². The predicted octanol–water partition coefficient (Wildman–Crippen LogP) is 8.30. The van der Waals surface area contributed by atoms with Crippen molar-refractivity contribution in [3.8, 4) is 17.2 Å². The maximum atomic E-state index is 6.46. The number of nitrogens with zero attached hydrogens (tertiary/aromatic N) is 5. The second-order valence-electron chi connectivity index (χ2n) is 13.0. The molecular formula is C41H37BN5OPt+. The standard InChI is InChI=1S/C41H37BN5O.Pt/c1-29(2)35-18-12-19-36(30(3)4)41(35)42-43(5)37-23-22-34(27-40(37)46-24-13-25-47(42)46)48-33-17-11-16-32(26-33)45-28-44(31-14-7-6-8-15-31)38-20-9-10-21-39(38)45;/h6-23,25,28-30H,1-5H3;/q-3;+4. The van der Waals surface area contributed by atoms with Gasteiger partial charge in [0, 0.05) is 34.0 Å². The molecule has 6 aromatic rings. The Kier molecular flexibility index (Phi) is 8.89. The van der Waals surface area contributed by atoms with Crippen LogP contribution < -0.4 is 29.4 Å². The van der Waals surface area contributed by atoms with Gasteiger partial charge in [-0.15, -0.1) is 42.3 Å². The van der Waals surface area contributed by atoms with Crippen LogP contribution in [0.3, 0.4) is 0 Å². The van der Waals surface area contributed by atoms with Gasteiger partial charge in [-0.2, -0.15) is 18.2 Å². The van der Waals surface area contributed by atoms with Crippen molar-refractivity contribution in [3.05, 3.63) is 152 Å². The van der Waals surface area contributed by atoms with Crippen molar-refractivity contribution in [1.82, 2.24) is 4.68 Å². The van der Waals surface area contributed by atoms with E-state index in [-0.39, 0.29) is 28.0 Å². The molecule has 0 saturated carbocycles. The van der Waals surface area contributed by atoms with Gasteiger partial charge in [0.15, 0.2) is 0 Å². The average molecular weight is 822 g/mol. The molecule has 0 aliphatic carbocycles. The molecule has 2 aliphatic rings. The monoisotopic (exact) mass is 821 g/mol. The molecule has 0 radical (unpaired) electrons. The summed E-state index contributed by atoms with van der Waals surface area (Å²) in [6.45, 7) is 11.2. The van der Waals surface area contributed by atoms with Crippen LogP contribution >= 0.6 is 0 Å². The van der Waals surface area contributed by atoms with Crippen LogP contribution in [-0.2, 0) is 21.1 Å². The van der Waals surface area contributed by atoms with Gasteiger partial charge in [0.2, 0.25) is 0 Å². The van der Waals surface area contributed by atoms with Crippen LogP contribution in [0.15, 0.2) is 115 Å². The van der Waals surface area contributed by atoms with E-state index in [0.29, 0.717) is 23.3 Å². The summed E-state index contributed by atoms with van der Waals surface area (Å²) in [7, 11) is 2.17. The summed E-state index contributed by atoms with van der Waals surface area (Å²) in [6.07, 6.45) is 5.54. The fourth-order valence-electron chi connectivity index (χ4n) is 7.04. The van der Waals surface area contributed by atoms with E-state index in [1.54, 1.807) is 0 Å². The molecule has 3 heterocycles. The number of hydrogen-bond donors (Lipinski definition) is 0.